The summed E-state index contributed by atoms with van der Waals surface area (Å²) >= 11 is 0. The van der Waals surface area contributed by atoms with Crippen LogP contribution < -0.4 is 19.7 Å². The van der Waals surface area contributed by atoms with Gasteiger partial charge in [-0.3, -0.25) is 14.4 Å². The van der Waals surface area contributed by atoms with E-state index in [2.05, 4.69) is 30.2 Å². The maximum Gasteiger partial charge on any atom is 0.251 e. The van der Waals surface area contributed by atoms with Gasteiger partial charge in [-0.15, -0.1) is 0 Å². The van der Waals surface area contributed by atoms with Gasteiger partial charge in [-0.05, 0) is 25.0 Å². The van der Waals surface area contributed by atoms with E-state index in [1.165, 1.54) is 6.42 Å². The molecule has 2 aromatic heterocycles. The summed E-state index contributed by atoms with van der Waals surface area (Å²) in [4.78, 5) is 25.9. The molecule has 4 heterocycles. The van der Waals surface area contributed by atoms with Crippen molar-refractivity contribution in [3.63, 3.8) is 0 Å². The van der Waals surface area contributed by atoms with Gasteiger partial charge >= 0.3 is 0 Å². The highest BCUT2D eigenvalue weighted by molar-refractivity contribution is 5.92. The molecule has 2 fully saturated rings. The number of anilines is 2. The van der Waals surface area contributed by atoms with Crippen LogP contribution in [-0.2, 0) is 11.8 Å². The van der Waals surface area contributed by atoms with E-state index in [4.69, 9.17) is 9.47 Å². The number of amides is 1. The number of hydrogen-bond acceptors (Lipinski definition) is 8. The zero-order chi connectivity index (χ0) is 23.1. The van der Waals surface area contributed by atoms with E-state index >= 15 is 0 Å². The first-order chi connectivity index (χ1) is 16.6. The molecule has 0 unspecified atom stereocenters. The summed E-state index contributed by atoms with van der Waals surface area (Å²) in [5.74, 6) is 1.85. The molecule has 10 nitrogen and oxygen atoms in total. The van der Waals surface area contributed by atoms with Crippen LogP contribution in [0.1, 0.15) is 32.1 Å². The molecule has 0 bridgehead atoms. The van der Waals surface area contributed by atoms with Gasteiger partial charge in [0.05, 0.1) is 18.1 Å². The second kappa shape index (κ2) is 8.43. The predicted octanol–water partition coefficient (Wildman–Crippen LogP) is 2.56. The minimum absolute atomic E-state index is 0.0311. The molecule has 34 heavy (non-hydrogen) atoms. The van der Waals surface area contributed by atoms with Crippen LogP contribution in [0.3, 0.4) is 0 Å². The summed E-state index contributed by atoms with van der Waals surface area (Å²) in [7, 11) is 1.88. The van der Waals surface area contributed by atoms with Crippen molar-refractivity contribution in [3.8, 4) is 11.5 Å². The van der Waals surface area contributed by atoms with E-state index < -0.39 is 5.79 Å². The Morgan fingerprint density at radius 3 is 2.68 bits per heavy atom. The Balaban J connectivity index is 1.04. The molecular formula is C24H29N7O3. The standard InChI is InChI=1S/C24H29N7O3/c1-29-22-18(14-27-29)23(26-16-25-22)31-11-9-30(10-12-31)15-21(32)28-17-5-6-19-20(13-17)34-24(33-19)7-3-2-4-8-24/h5-6,13-14,16H,2-4,7-12,15H2,1H3,(H,28,32). The van der Waals surface area contributed by atoms with Crippen molar-refractivity contribution < 1.29 is 14.3 Å². The molecule has 1 aromatic carbocycles. The number of hydrogen-bond donors (Lipinski definition) is 1. The maximum atomic E-state index is 12.7. The quantitative estimate of drug-likeness (QED) is 0.631. The smallest absolute Gasteiger partial charge is 0.251 e. The van der Waals surface area contributed by atoms with Gasteiger partial charge < -0.3 is 19.7 Å². The lowest BCUT2D eigenvalue weighted by Gasteiger charge is -2.35. The summed E-state index contributed by atoms with van der Waals surface area (Å²) in [5, 5.41) is 8.27. The molecule has 3 aliphatic rings. The molecule has 1 saturated heterocycles. The molecule has 0 atom stereocenters. The first kappa shape index (κ1) is 21.2. The minimum Gasteiger partial charge on any atom is -0.448 e. The van der Waals surface area contributed by atoms with Crippen molar-refractivity contribution in [2.75, 3.05) is 42.9 Å². The third kappa shape index (κ3) is 3.91. The van der Waals surface area contributed by atoms with Crippen LogP contribution in [0.25, 0.3) is 11.0 Å². The fourth-order valence-electron chi connectivity index (χ4n) is 5.19. The van der Waals surface area contributed by atoms with E-state index in [1.807, 2.05) is 31.4 Å². The summed E-state index contributed by atoms with van der Waals surface area (Å²) in [6.07, 6.45) is 8.69. The lowest BCUT2D eigenvalue weighted by Crippen LogP contribution is -2.49. The summed E-state index contributed by atoms with van der Waals surface area (Å²) in [5.41, 5.74) is 1.56. The second-order valence-electron chi connectivity index (χ2n) is 9.35. The van der Waals surface area contributed by atoms with E-state index in [0.29, 0.717) is 6.54 Å². The van der Waals surface area contributed by atoms with Gasteiger partial charge in [0, 0.05) is 57.8 Å². The van der Waals surface area contributed by atoms with E-state index in [1.54, 1.807) is 11.0 Å². The van der Waals surface area contributed by atoms with Crippen LogP contribution in [0.15, 0.2) is 30.7 Å². The highest BCUT2D eigenvalue weighted by Crippen LogP contribution is 2.46. The van der Waals surface area contributed by atoms with Crippen LogP contribution in [0.5, 0.6) is 11.5 Å². The number of carbonyl (C=O) groups excluding carboxylic acids is 1. The zero-order valence-corrected chi connectivity index (χ0v) is 19.4. The fraction of sp³-hybridized carbons (Fsp3) is 0.500. The molecule has 6 rings (SSSR count). The van der Waals surface area contributed by atoms with E-state index in [-0.39, 0.29) is 5.91 Å². The fourth-order valence-corrected chi connectivity index (χ4v) is 5.19. The average molecular weight is 464 g/mol. The number of fused-ring (bicyclic) bond motifs is 2. The minimum atomic E-state index is -0.506. The van der Waals surface area contributed by atoms with Crippen LogP contribution in [0.2, 0.25) is 0 Å². The van der Waals surface area contributed by atoms with Gasteiger partial charge in [0.1, 0.15) is 12.1 Å². The topological polar surface area (TPSA) is 97.6 Å². The molecule has 0 radical (unpaired) electrons. The molecule has 178 valence electrons. The molecular weight excluding hydrogens is 434 g/mol. The highest BCUT2D eigenvalue weighted by atomic mass is 16.7. The van der Waals surface area contributed by atoms with Crippen molar-refractivity contribution >= 4 is 28.4 Å². The predicted molar refractivity (Wildman–Crippen MR) is 127 cm³/mol. The van der Waals surface area contributed by atoms with Crippen molar-refractivity contribution in [3.05, 3.63) is 30.7 Å². The van der Waals surface area contributed by atoms with Gasteiger partial charge in [0.2, 0.25) is 5.91 Å². The Morgan fingerprint density at radius 1 is 1.06 bits per heavy atom. The molecule has 1 N–H and O–H groups in total. The zero-order valence-electron chi connectivity index (χ0n) is 19.4. The SMILES string of the molecule is Cn1ncc2c(N3CCN(CC(=O)Nc4ccc5c(c4)OC4(CCCCC4)O5)CC3)ncnc21. The summed E-state index contributed by atoms with van der Waals surface area (Å²) in [6, 6.07) is 5.66. The maximum absolute atomic E-state index is 12.7. The van der Waals surface area contributed by atoms with Crippen molar-refractivity contribution in [2.45, 2.75) is 37.9 Å². The van der Waals surface area contributed by atoms with E-state index in [0.717, 1.165) is 85.9 Å². The number of carbonyl (C=O) groups is 1. The monoisotopic (exact) mass is 463 g/mol. The summed E-state index contributed by atoms with van der Waals surface area (Å²) < 4.78 is 14.1. The lowest BCUT2D eigenvalue weighted by molar-refractivity contribution is -0.117. The Labute approximate surface area is 197 Å². The van der Waals surface area contributed by atoms with Crippen LogP contribution in [0.4, 0.5) is 11.5 Å². The van der Waals surface area contributed by atoms with E-state index in [9.17, 15) is 4.79 Å². The third-order valence-electron chi connectivity index (χ3n) is 6.98. The second-order valence-corrected chi connectivity index (χ2v) is 9.35. The number of ether oxygens (including phenoxy) is 2. The Hall–Kier alpha value is -3.40. The van der Waals surface area contributed by atoms with Gasteiger partial charge in [-0.2, -0.15) is 5.10 Å². The van der Waals surface area contributed by atoms with Crippen LogP contribution in [-0.4, -0.2) is 69.1 Å². The normalized spacial score (nSPS) is 19.6. The van der Waals surface area contributed by atoms with Gasteiger partial charge in [-0.1, -0.05) is 6.42 Å². The third-order valence-corrected chi connectivity index (χ3v) is 6.98. The molecule has 1 spiro atoms. The average Bonchev–Trinajstić information content (AvgIpc) is 3.39. The molecule has 3 aromatic rings. The van der Waals surface area contributed by atoms with Crippen molar-refractivity contribution in [1.29, 1.82) is 0 Å². The number of rotatable bonds is 4. The van der Waals surface area contributed by atoms with Crippen molar-refractivity contribution in [2.24, 2.45) is 7.05 Å². The number of nitrogens with one attached hydrogen (secondary N) is 1. The number of aromatic nitrogens is 4. The molecule has 10 heteroatoms. The van der Waals surface area contributed by atoms with Gasteiger partial charge in [0.25, 0.3) is 5.79 Å². The van der Waals surface area contributed by atoms with Crippen molar-refractivity contribution in [1.82, 2.24) is 24.6 Å². The highest BCUT2D eigenvalue weighted by Gasteiger charge is 2.42. The number of benzene rings is 1. The van der Waals surface area contributed by atoms with Gasteiger partial charge in [-0.25, -0.2) is 9.97 Å². The lowest BCUT2D eigenvalue weighted by atomic mass is 9.94. The Morgan fingerprint density at radius 2 is 1.85 bits per heavy atom. The molecule has 1 aliphatic carbocycles. The molecule has 1 amide bonds. The Bertz CT molecular complexity index is 1210. The largest absolute Gasteiger partial charge is 0.448 e. The van der Waals surface area contributed by atoms with Gasteiger partial charge in [0.15, 0.2) is 17.1 Å². The van der Waals surface area contributed by atoms with Crippen LogP contribution >= 0.6 is 0 Å². The van der Waals surface area contributed by atoms with Crippen LogP contribution in [0, 0.1) is 0 Å². The number of aryl methyl sites for hydroxylation is 1. The first-order valence-electron chi connectivity index (χ1n) is 12.0. The molecule has 2 aliphatic heterocycles. The number of nitrogens with zero attached hydrogens (tertiary/aromatic N) is 6. The Kier molecular flexibility index (Phi) is 5.24. The first-order valence-corrected chi connectivity index (χ1v) is 12.0. The summed E-state index contributed by atoms with van der Waals surface area (Å²) in [6.45, 7) is 3.49. The molecule has 1 saturated carbocycles. The number of piperazine rings is 1.